The van der Waals surface area contributed by atoms with E-state index >= 15 is 0 Å². The number of carboxylic acid groups (broad SMARTS) is 1. The second kappa shape index (κ2) is 11.6. The number of nitrogens with one attached hydrogen (secondary N) is 1. The van der Waals surface area contributed by atoms with Gasteiger partial charge in [0.15, 0.2) is 0 Å². The summed E-state index contributed by atoms with van der Waals surface area (Å²) in [6.07, 6.45) is 2.25. The molecule has 1 saturated carbocycles. The van der Waals surface area contributed by atoms with Crippen molar-refractivity contribution in [1.29, 1.82) is 0 Å². The Kier molecular flexibility index (Phi) is 8.30. The van der Waals surface area contributed by atoms with Crippen molar-refractivity contribution in [3.8, 4) is 0 Å². The van der Waals surface area contributed by atoms with Crippen LogP contribution >= 0.6 is 11.8 Å². The Bertz CT molecular complexity index is 1090. The number of aliphatic carboxylic acids is 1. The maximum absolute atomic E-state index is 13.3. The highest BCUT2D eigenvalue weighted by molar-refractivity contribution is 8.01. The van der Waals surface area contributed by atoms with Crippen molar-refractivity contribution in [3.63, 3.8) is 0 Å². The predicted molar refractivity (Wildman–Crippen MR) is 135 cm³/mol. The van der Waals surface area contributed by atoms with E-state index in [1.807, 2.05) is 36.4 Å². The molecule has 0 unspecified atom stereocenters. The number of carbonyl (C=O) groups is 4. The molecule has 1 atom stereocenters. The molecule has 2 aromatic rings. The zero-order chi connectivity index (χ0) is 25.5. The minimum Gasteiger partial charge on any atom is -0.480 e. The quantitative estimate of drug-likeness (QED) is 0.523. The van der Waals surface area contributed by atoms with Crippen LogP contribution in [0.4, 0.5) is 0 Å². The summed E-state index contributed by atoms with van der Waals surface area (Å²) in [5, 5.41) is 12.6. The first-order valence-electron chi connectivity index (χ1n) is 12.1. The maximum Gasteiger partial charge on any atom is 0.327 e. The lowest BCUT2D eigenvalue weighted by Crippen LogP contribution is -2.54. The Morgan fingerprint density at radius 1 is 1.00 bits per heavy atom. The van der Waals surface area contributed by atoms with E-state index in [4.69, 9.17) is 4.74 Å². The van der Waals surface area contributed by atoms with Crippen molar-refractivity contribution in [2.75, 3.05) is 12.3 Å². The summed E-state index contributed by atoms with van der Waals surface area (Å²) in [6.45, 7) is 0.397. The normalized spacial score (nSPS) is 23.3. The third kappa shape index (κ3) is 5.90. The van der Waals surface area contributed by atoms with Crippen LogP contribution in [0, 0.1) is 5.92 Å². The van der Waals surface area contributed by atoms with Crippen LogP contribution in [-0.4, -0.2) is 57.0 Å². The fraction of sp³-hybridized carbons (Fsp3) is 0.407. The number of amides is 2. The summed E-state index contributed by atoms with van der Waals surface area (Å²) < 4.78 is 5.24. The number of benzene rings is 2. The van der Waals surface area contributed by atoms with E-state index in [-0.39, 0.29) is 43.3 Å². The predicted octanol–water partition coefficient (Wildman–Crippen LogP) is 3.47. The molecule has 1 saturated heterocycles. The lowest BCUT2D eigenvalue weighted by Gasteiger charge is -2.43. The Morgan fingerprint density at radius 3 is 2.28 bits per heavy atom. The van der Waals surface area contributed by atoms with Gasteiger partial charge in [0.1, 0.15) is 12.6 Å². The van der Waals surface area contributed by atoms with E-state index in [0.29, 0.717) is 37.0 Å². The van der Waals surface area contributed by atoms with Crippen molar-refractivity contribution in [3.05, 3.63) is 71.8 Å². The van der Waals surface area contributed by atoms with Gasteiger partial charge in [-0.1, -0.05) is 48.5 Å². The van der Waals surface area contributed by atoms with E-state index in [0.717, 1.165) is 5.56 Å². The van der Waals surface area contributed by atoms with Crippen molar-refractivity contribution < 1.29 is 29.0 Å². The highest BCUT2D eigenvalue weighted by Crippen LogP contribution is 2.50. The molecule has 0 aromatic heterocycles. The van der Waals surface area contributed by atoms with Crippen LogP contribution in [0.2, 0.25) is 0 Å². The number of nitrogens with zero attached hydrogens (tertiary/aromatic N) is 1. The number of ether oxygens (including phenoxy) is 1. The lowest BCUT2D eigenvalue weighted by atomic mass is 9.83. The van der Waals surface area contributed by atoms with Crippen LogP contribution in [-0.2, 0) is 25.7 Å². The third-order valence-electron chi connectivity index (χ3n) is 6.79. The molecule has 1 spiro atoms. The zero-order valence-corrected chi connectivity index (χ0v) is 20.7. The van der Waals surface area contributed by atoms with Crippen LogP contribution in [0.15, 0.2) is 60.7 Å². The molecule has 0 bridgehead atoms. The largest absolute Gasteiger partial charge is 0.480 e. The summed E-state index contributed by atoms with van der Waals surface area (Å²) in [6, 6.07) is 17.2. The smallest absolute Gasteiger partial charge is 0.327 e. The van der Waals surface area contributed by atoms with Gasteiger partial charge in [-0.25, -0.2) is 4.79 Å². The second-order valence-corrected chi connectivity index (χ2v) is 10.5. The Hall–Kier alpha value is -3.33. The Morgan fingerprint density at radius 2 is 1.64 bits per heavy atom. The molecule has 1 heterocycles. The molecular weight excluding hydrogens is 480 g/mol. The van der Waals surface area contributed by atoms with Gasteiger partial charge in [0.05, 0.1) is 11.3 Å². The van der Waals surface area contributed by atoms with Crippen LogP contribution in [0.1, 0.15) is 48.0 Å². The average Bonchev–Trinajstić information content (AvgIpc) is 3.27. The van der Waals surface area contributed by atoms with E-state index in [9.17, 15) is 24.3 Å². The zero-order valence-electron chi connectivity index (χ0n) is 19.9. The van der Waals surface area contributed by atoms with Gasteiger partial charge in [0, 0.05) is 23.8 Å². The first kappa shape index (κ1) is 25.8. The molecule has 2 amide bonds. The highest BCUT2D eigenvalue weighted by Gasteiger charge is 2.53. The summed E-state index contributed by atoms with van der Waals surface area (Å²) in [5.41, 5.74) is 1.37. The number of rotatable bonds is 8. The molecule has 1 aliphatic heterocycles. The van der Waals surface area contributed by atoms with E-state index < -0.39 is 16.9 Å². The summed E-state index contributed by atoms with van der Waals surface area (Å²) >= 11 is 1.50. The average molecular weight is 511 g/mol. The van der Waals surface area contributed by atoms with Gasteiger partial charge in [-0.2, -0.15) is 0 Å². The Balaban J connectivity index is 1.28. The second-order valence-electron chi connectivity index (χ2n) is 9.11. The van der Waals surface area contributed by atoms with Crippen LogP contribution in [0.5, 0.6) is 0 Å². The van der Waals surface area contributed by atoms with Crippen molar-refractivity contribution in [2.45, 2.75) is 49.6 Å². The van der Waals surface area contributed by atoms with Crippen LogP contribution in [0.3, 0.4) is 0 Å². The SMILES string of the molecule is O=C(CCNC(=O)C1CCC2(CC1)SC[C@@H](C(=O)O)N2C(=O)c1ccccc1)OCc1ccccc1. The highest BCUT2D eigenvalue weighted by atomic mass is 32.2. The van der Waals surface area contributed by atoms with Gasteiger partial charge >= 0.3 is 11.9 Å². The number of thioether (sulfide) groups is 1. The lowest BCUT2D eigenvalue weighted by molar-refractivity contribution is -0.145. The fourth-order valence-corrected chi connectivity index (χ4v) is 6.48. The van der Waals surface area contributed by atoms with Crippen molar-refractivity contribution >= 4 is 35.5 Å². The molecule has 2 aliphatic rings. The third-order valence-corrected chi connectivity index (χ3v) is 8.42. The molecule has 8 nitrogen and oxygen atoms in total. The number of esters is 1. The van der Waals surface area contributed by atoms with Crippen LogP contribution in [0.25, 0.3) is 0 Å². The fourth-order valence-electron chi connectivity index (χ4n) is 4.85. The molecule has 9 heteroatoms. The number of carboxylic acids is 1. The number of hydrogen-bond donors (Lipinski definition) is 2. The number of hydrogen-bond acceptors (Lipinski definition) is 6. The van der Waals surface area contributed by atoms with E-state index in [1.165, 1.54) is 16.7 Å². The van der Waals surface area contributed by atoms with Gasteiger partial charge in [0.2, 0.25) is 5.91 Å². The Labute approximate surface area is 214 Å². The molecule has 0 radical (unpaired) electrons. The summed E-state index contributed by atoms with van der Waals surface area (Å²) in [4.78, 5) is 50.9. The van der Waals surface area contributed by atoms with Gasteiger partial charge in [-0.15, -0.1) is 11.8 Å². The topological polar surface area (TPSA) is 113 Å². The molecule has 2 fully saturated rings. The van der Waals surface area contributed by atoms with E-state index in [1.54, 1.807) is 24.3 Å². The van der Waals surface area contributed by atoms with E-state index in [2.05, 4.69) is 5.32 Å². The number of carbonyl (C=O) groups excluding carboxylic acids is 3. The summed E-state index contributed by atoms with van der Waals surface area (Å²) in [7, 11) is 0. The van der Waals surface area contributed by atoms with Gasteiger partial charge in [0.25, 0.3) is 5.91 Å². The molecule has 2 N–H and O–H groups in total. The van der Waals surface area contributed by atoms with Crippen molar-refractivity contribution in [1.82, 2.24) is 10.2 Å². The molecule has 190 valence electrons. The maximum atomic E-state index is 13.3. The monoisotopic (exact) mass is 510 g/mol. The first-order valence-corrected chi connectivity index (χ1v) is 13.1. The molecular formula is C27H30N2O6S. The first-order chi connectivity index (χ1) is 17.4. The summed E-state index contributed by atoms with van der Waals surface area (Å²) in [5.74, 6) is -1.71. The minimum absolute atomic E-state index is 0.0880. The molecule has 2 aromatic carbocycles. The minimum atomic E-state index is -1.01. The van der Waals surface area contributed by atoms with Gasteiger partial charge in [-0.05, 0) is 43.4 Å². The molecule has 4 rings (SSSR count). The van der Waals surface area contributed by atoms with Gasteiger partial charge in [-0.3, -0.25) is 14.4 Å². The van der Waals surface area contributed by atoms with Crippen LogP contribution < -0.4 is 5.32 Å². The van der Waals surface area contributed by atoms with Gasteiger partial charge < -0.3 is 20.1 Å². The molecule has 36 heavy (non-hydrogen) atoms. The standard InChI is InChI=1S/C27H30N2O6S/c30-23(35-17-19-7-3-1-4-8-19)13-16-28-24(31)20-11-14-27(15-12-20)29(22(18-36-27)26(33)34)25(32)21-9-5-2-6-10-21/h1-10,20,22H,11-18H2,(H,28,31)(H,33,34)/t20?,22-,27?/m0/s1. The van der Waals surface area contributed by atoms with Crippen molar-refractivity contribution in [2.24, 2.45) is 5.92 Å². The molecule has 1 aliphatic carbocycles.